The summed E-state index contributed by atoms with van der Waals surface area (Å²) in [6.45, 7) is 0.313. The van der Waals surface area contributed by atoms with E-state index in [1.165, 1.54) is 11.9 Å². The lowest BCUT2D eigenvalue weighted by Gasteiger charge is -2.27. The molecule has 0 saturated carbocycles. The Morgan fingerprint density at radius 3 is 2.48 bits per heavy atom. The number of hydrogen-bond acceptors (Lipinski definition) is 5. The predicted molar refractivity (Wildman–Crippen MR) is 69.1 cm³/mol. The van der Waals surface area contributed by atoms with Crippen molar-refractivity contribution in [3.8, 4) is 0 Å². The van der Waals surface area contributed by atoms with Gasteiger partial charge in [-0.2, -0.15) is 0 Å². The summed E-state index contributed by atoms with van der Waals surface area (Å²) < 4.78 is 5.12. The normalized spacial score (nSPS) is 25.5. The quantitative estimate of drug-likeness (QED) is 0.658. The van der Waals surface area contributed by atoms with E-state index in [9.17, 15) is 19.2 Å². The van der Waals surface area contributed by atoms with Crippen LogP contribution in [0.15, 0.2) is 0 Å². The van der Waals surface area contributed by atoms with Crippen LogP contribution in [0.5, 0.6) is 0 Å². The summed E-state index contributed by atoms with van der Waals surface area (Å²) in [5, 5.41) is 9.07. The largest absolute Gasteiger partial charge is 0.481 e. The van der Waals surface area contributed by atoms with E-state index < -0.39 is 17.9 Å². The highest BCUT2D eigenvalue weighted by Gasteiger charge is 2.38. The summed E-state index contributed by atoms with van der Waals surface area (Å²) in [6.07, 6.45) is 0.387. The van der Waals surface area contributed by atoms with Gasteiger partial charge in [0.05, 0.1) is 19.3 Å². The second-order valence-electron chi connectivity index (χ2n) is 5.24. The van der Waals surface area contributed by atoms with E-state index in [0.29, 0.717) is 0 Å². The van der Waals surface area contributed by atoms with E-state index in [0.717, 1.165) is 4.90 Å². The van der Waals surface area contributed by atoms with Crippen molar-refractivity contribution in [1.82, 2.24) is 9.80 Å². The van der Waals surface area contributed by atoms with Crippen molar-refractivity contribution in [2.24, 2.45) is 5.92 Å². The number of carbonyl (C=O) groups excluding carboxylic acids is 3. The zero-order valence-electron chi connectivity index (χ0n) is 11.8. The van der Waals surface area contributed by atoms with Gasteiger partial charge in [-0.15, -0.1) is 0 Å². The maximum atomic E-state index is 12.1. The van der Waals surface area contributed by atoms with Crippen LogP contribution >= 0.6 is 0 Å². The minimum absolute atomic E-state index is 0.00316. The third-order valence-corrected chi connectivity index (χ3v) is 3.96. The van der Waals surface area contributed by atoms with Gasteiger partial charge in [0, 0.05) is 32.9 Å². The maximum Gasteiger partial charge on any atom is 0.311 e. The number of hydrogen-bond donors (Lipinski definition) is 1. The molecule has 8 nitrogen and oxygen atoms in total. The summed E-state index contributed by atoms with van der Waals surface area (Å²) in [7, 11) is 1.52. The van der Waals surface area contributed by atoms with Crippen molar-refractivity contribution in [2.45, 2.75) is 25.3 Å². The van der Waals surface area contributed by atoms with Crippen molar-refractivity contribution in [2.75, 3.05) is 26.8 Å². The zero-order valence-corrected chi connectivity index (χ0v) is 11.8. The van der Waals surface area contributed by atoms with Gasteiger partial charge < -0.3 is 14.7 Å². The fourth-order valence-corrected chi connectivity index (χ4v) is 2.60. The van der Waals surface area contributed by atoms with Crippen LogP contribution in [0.1, 0.15) is 19.3 Å². The van der Waals surface area contributed by atoms with Gasteiger partial charge >= 0.3 is 5.97 Å². The number of likely N-dealkylation sites (tertiary alicyclic amines) is 1. The Morgan fingerprint density at radius 2 is 1.90 bits per heavy atom. The molecule has 2 saturated heterocycles. The Kier molecular flexibility index (Phi) is 4.56. The fraction of sp³-hybridized carbons (Fsp3) is 0.692. The number of amides is 3. The van der Waals surface area contributed by atoms with Gasteiger partial charge in [-0.05, 0) is 0 Å². The minimum atomic E-state index is -0.998. The number of carboxylic acids is 1. The Hall–Kier alpha value is -1.96. The molecule has 116 valence electrons. The van der Waals surface area contributed by atoms with Crippen molar-refractivity contribution in [3.63, 3.8) is 0 Å². The second kappa shape index (κ2) is 6.21. The maximum absolute atomic E-state index is 12.1. The average Bonchev–Trinajstić information content (AvgIpc) is 3.03. The Morgan fingerprint density at radius 1 is 1.29 bits per heavy atom. The van der Waals surface area contributed by atoms with Crippen LogP contribution < -0.4 is 0 Å². The van der Waals surface area contributed by atoms with Crippen LogP contribution in [-0.2, 0) is 23.9 Å². The summed E-state index contributed by atoms with van der Waals surface area (Å²) in [5.41, 5.74) is 0. The first kappa shape index (κ1) is 15.4. The topological polar surface area (TPSA) is 104 Å². The summed E-state index contributed by atoms with van der Waals surface area (Å²) in [4.78, 5) is 48.5. The highest BCUT2D eigenvalue weighted by molar-refractivity contribution is 6.02. The molecule has 2 rings (SSSR count). The minimum Gasteiger partial charge on any atom is -0.481 e. The molecule has 0 bridgehead atoms. The Balaban J connectivity index is 1.89. The molecule has 8 heteroatoms. The third kappa shape index (κ3) is 3.21. The highest BCUT2D eigenvalue weighted by Crippen LogP contribution is 2.20. The molecule has 3 amide bonds. The molecule has 0 spiro atoms. The van der Waals surface area contributed by atoms with Crippen LogP contribution in [0.2, 0.25) is 0 Å². The van der Waals surface area contributed by atoms with Crippen molar-refractivity contribution >= 4 is 23.7 Å². The number of ether oxygens (including phenoxy) is 1. The SMILES string of the molecule is CN(C(=O)CCN1C(=O)CCC1=O)C1COCC1C(=O)O. The van der Waals surface area contributed by atoms with Crippen LogP contribution in [0, 0.1) is 5.92 Å². The predicted octanol–water partition coefficient (Wildman–Crippen LogP) is -0.916. The molecule has 0 aromatic heterocycles. The van der Waals surface area contributed by atoms with E-state index >= 15 is 0 Å². The summed E-state index contributed by atoms with van der Waals surface area (Å²) in [5.74, 6) is -2.56. The molecule has 2 heterocycles. The molecule has 2 atom stereocenters. The average molecular weight is 298 g/mol. The Bertz CT molecular complexity index is 461. The number of likely N-dealkylation sites (N-methyl/N-ethyl adjacent to an activating group) is 1. The van der Waals surface area contributed by atoms with Crippen molar-refractivity contribution < 1.29 is 29.0 Å². The van der Waals surface area contributed by atoms with Gasteiger partial charge in [0.2, 0.25) is 17.7 Å². The van der Waals surface area contributed by atoms with Gasteiger partial charge in [-0.3, -0.25) is 24.1 Å². The Labute approximate surface area is 121 Å². The van der Waals surface area contributed by atoms with Gasteiger partial charge in [0.1, 0.15) is 5.92 Å². The van der Waals surface area contributed by atoms with Crippen molar-refractivity contribution in [1.29, 1.82) is 0 Å². The van der Waals surface area contributed by atoms with Crippen LogP contribution in [0.25, 0.3) is 0 Å². The number of nitrogens with zero attached hydrogens (tertiary/aromatic N) is 2. The van der Waals surface area contributed by atoms with Gasteiger partial charge in [-0.1, -0.05) is 0 Å². The number of rotatable bonds is 5. The van der Waals surface area contributed by atoms with Crippen LogP contribution in [0.3, 0.4) is 0 Å². The van der Waals surface area contributed by atoms with Crippen molar-refractivity contribution in [3.05, 3.63) is 0 Å². The molecule has 21 heavy (non-hydrogen) atoms. The molecule has 2 unspecified atom stereocenters. The smallest absolute Gasteiger partial charge is 0.311 e. The lowest BCUT2D eigenvalue weighted by molar-refractivity contribution is -0.144. The third-order valence-electron chi connectivity index (χ3n) is 3.96. The molecule has 0 aliphatic carbocycles. The lowest BCUT2D eigenvalue weighted by atomic mass is 10.0. The molecule has 0 radical (unpaired) electrons. The number of carbonyl (C=O) groups is 4. The fourth-order valence-electron chi connectivity index (χ4n) is 2.60. The number of carboxylic acid groups (broad SMARTS) is 1. The van der Waals surface area contributed by atoms with E-state index in [1.807, 2.05) is 0 Å². The number of aliphatic carboxylic acids is 1. The first-order valence-electron chi connectivity index (χ1n) is 6.81. The van der Waals surface area contributed by atoms with Crippen LogP contribution in [-0.4, -0.2) is 71.4 Å². The molecule has 1 N–H and O–H groups in total. The van der Waals surface area contributed by atoms with Gasteiger partial charge in [-0.25, -0.2) is 0 Å². The van der Waals surface area contributed by atoms with E-state index in [-0.39, 0.29) is 56.7 Å². The van der Waals surface area contributed by atoms with Gasteiger partial charge in [0.15, 0.2) is 0 Å². The molecule has 2 aliphatic rings. The van der Waals surface area contributed by atoms with E-state index in [1.54, 1.807) is 0 Å². The van der Waals surface area contributed by atoms with Gasteiger partial charge in [0.25, 0.3) is 0 Å². The lowest BCUT2D eigenvalue weighted by Crippen LogP contribution is -2.45. The summed E-state index contributed by atoms with van der Waals surface area (Å²) >= 11 is 0. The standard InChI is InChI=1S/C13H18N2O6/c1-14(9-7-21-6-8(9)13(19)20)10(16)4-5-15-11(17)2-3-12(15)18/h8-9H,2-7H2,1H3,(H,19,20). The first-order valence-corrected chi connectivity index (χ1v) is 6.81. The first-order chi connectivity index (χ1) is 9.91. The molecule has 0 aromatic rings. The molecule has 2 fully saturated rings. The van der Waals surface area contributed by atoms with E-state index in [4.69, 9.17) is 9.84 Å². The summed E-state index contributed by atoms with van der Waals surface area (Å²) in [6, 6.07) is -0.514. The highest BCUT2D eigenvalue weighted by atomic mass is 16.5. The monoisotopic (exact) mass is 298 g/mol. The number of imide groups is 1. The molecule has 2 aliphatic heterocycles. The van der Waals surface area contributed by atoms with Crippen LogP contribution in [0.4, 0.5) is 0 Å². The molecular formula is C13H18N2O6. The van der Waals surface area contributed by atoms with E-state index in [2.05, 4.69) is 0 Å². The zero-order chi connectivity index (χ0) is 15.6. The second-order valence-corrected chi connectivity index (χ2v) is 5.24. The molecule has 0 aromatic carbocycles. The molecular weight excluding hydrogens is 280 g/mol.